The molecule has 1 aromatic carbocycles. The van der Waals surface area contributed by atoms with Crippen molar-refractivity contribution in [2.24, 2.45) is 0 Å². The minimum Gasteiger partial charge on any atom is -0.447 e. The number of rotatable bonds is 2. The maximum Gasteiger partial charge on any atom is 0.418 e. The number of aromatic nitrogens is 1. The molecule has 0 radical (unpaired) electrons. The lowest BCUT2D eigenvalue weighted by atomic mass is 10.1. The number of nitrogens with zero attached hydrogens (tertiary/aromatic N) is 3. The van der Waals surface area contributed by atoms with Crippen molar-refractivity contribution < 1.29 is 13.9 Å². The minimum absolute atomic E-state index is 0.210. The van der Waals surface area contributed by atoms with Crippen LogP contribution < -0.4 is 4.90 Å². The van der Waals surface area contributed by atoms with Gasteiger partial charge in [-0.3, -0.25) is 0 Å². The van der Waals surface area contributed by atoms with Crippen LogP contribution in [0.4, 0.5) is 10.8 Å². The van der Waals surface area contributed by atoms with Gasteiger partial charge in [0.2, 0.25) is 0 Å². The van der Waals surface area contributed by atoms with Crippen molar-refractivity contribution in [1.29, 1.82) is 5.26 Å². The third-order valence-electron chi connectivity index (χ3n) is 3.33. The highest BCUT2D eigenvalue weighted by molar-refractivity contribution is 5.89. The lowest BCUT2D eigenvalue weighted by Gasteiger charge is -2.23. The zero-order valence-corrected chi connectivity index (χ0v) is 11.7. The van der Waals surface area contributed by atoms with Gasteiger partial charge < -0.3 is 9.15 Å². The third kappa shape index (κ3) is 2.23. The molecule has 1 aromatic heterocycles. The number of carbonyl (C=O) groups is 1. The number of anilines is 1. The molecular weight excluding hydrogens is 270 g/mol. The molecule has 0 unspecified atom stereocenters. The smallest absolute Gasteiger partial charge is 0.418 e. The molecular formula is C15H13N3O3. The summed E-state index contributed by atoms with van der Waals surface area (Å²) in [6, 6.07) is 9.25. The lowest BCUT2D eigenvalue weighted by Crippen LogP contribution is -2.42. The number of hydrogen-bond donors (Lipinski definition) is 0. The Kier molecular flexibility index (Phi) is 2.91. The van der Waals surface area contributed by atoms with Crippen molar-refractivity contribution >= 4 is 12.1 Å². The van der Waals surface area contributed by atoms with Gasteiger partial charge in [0.1, 0.15) is 18.6 Å². The van der Waals surface area contributed by atoms with E-state index in [1.54, 1.807) is 24.3 Å². The fourth-order valence-corrected chi connectivity index (χ4v) is 2.17. The molecule has 0 bridgehead atoms. The van der Waals surface area contributed by atoms with E-state index in [-0.39, 0.29) is 6.01 Å². The van der Waals surface area contributed by atoms with E-state index >= 15 is 0 Å². The highest BCUT2D eigenvalue weighted by Gasteiger charge is 2.43. The van der Waals surface area contributed by atoms with Crippen LogP contribution in [0, 0.1) is 11.3 Å². The number of cyclic esters (lactones) is 1. The maximum absolute atomic E-state index is 11.8. The molecule has 0 atom stereocenters. The second-order valence-corrected chi connectivity index (χ2v) is 5.41. The van der Waals surface area contributed by atoms with E-state index in [1.165, 1.54) is 11.2 Å². The van der Waals surface area contributed by atoms with Crippen LogP contribution in [0.5, 0.6) is 0 Å². The molecule has 21 heavy (non-hydrogen) atoms. The van der Waals surface area contributed by atoms with Crippen LogP contribution in [-0.2, 0) is 4.74 Å². The van der Waals surface area contributed by atoms with Crippen molar-refractivity contribution in [2.75, 3.05) is 11.5 Å². The molecule has 1 aliphatic heterocycles. The van der Waals surface area contributed by atoms with Crippen molar-refractivity contribution in [1.82, 2.24) is 4.98 Å². The first kappa shape index (κ1) is 13.2. The summed E-state index contributed by atoms with van der Waals surface area (Å²) in [6.07, 6.45) is 1.02. The SMILES string of the molecule is CC1(C)COC(=O)N1c1nc(-c2ccc(C#N)cc2)co1. The average Bonchev–Trinajstić information content (AvgIpc) is 3.04. The molecule has 1 amide bonds. The number of nitriles is 1. The van der Waals surface area contributed by atoms with Crippen molar-refractivity contribution in [3.05, 3.63) is 36.1 Å². The Morgan fingerprint density at radius 2 is 2.05 bits per heavy atom. The molecule has 0 saturated carbocycles. The predicted octanol–water partition coefficient (Wildman–Crippen LogP) is 2.95. The summed E-state index contributed by atoms with van der Waals surface area (Å²) in [7, 11) is 0. The number of amides is 1. The number of ether oxygens (including phenoxy) is 1. The summed E-state index contributed by atoms with van der Waals surface area (Å²) in [6.45, 7) is 4.05. The molecule has 1 aliphatic rings. The van der Waals surface area contributed by atoms with Gasteiger partial charge in [-0.15, -0.1) is 0 Å². The number of benzene rings is 1. The molecule has 3 rings (SSSR count). The van der Waals surface area contributed by atoms with E-state index in [9.17, 15) is 4.79 Å². The number of carbonyl (C=O) groups excluding carboxylic acids is 1. The van der Waals surface area contributed by atoms with E-state index in [1.807, 2.05) is 13.8 Å². The summed E-state index contributed by atoms with van der Waals surface area (Å²) in [5.41, 5.74) is 1.50. The topological polar surface area (TPSA) is 79.4 Å². The van der Waals surface area contributed by atoms with Gasteiger partial charge >= 0.3 is 12.1 Å². The van der Waals surface area contributed by atoms with Crippen LogP contribution in [-0.4, -0.2) is 23.2 Å². The van der Waals surface area contributed by atoms with Crippen LogP contribution in [0.15, 0.2) is 34.9 Å². The normalized spacial score (nSPS) is 16.6. The Morgan fingerprint density at radius 1 is 1.33 bits per heavy atom. The molecule has 0 spiro atoms. The molecule has 6 heteroatoms. The molecule has 1 fully saturated rings. The Hall–Kier alpha value is -2.81. The van der Waals surface area contributed by atoms with E-state index in [0.717, 1.165) is 5.56 Å². The molecule has 2 aromatic rings. The first-order valence-electron chi connectivity index (χ1n) is 6.44. The highest BCUT2D eigenvalue weighted by atomic mass is 16.6. The molecule has 2 heterocycles. The molecule has 0 aliphatic carbocycles. The average molecular weight is 283 g/mol. The number of hydrogen-bond acceptors (Lipinski definition) is 5. The van der Waals surface area contributed by atoms with Crippen LogP contribution in [0.1, 0.15) is 19.4 Å². The van der Waals surface area contributed by atoms with E-state index in [2.05, 4.69) is 11.1 Å². The molecule has 1 saturated heterocycles. The monoisotopic (exact) mass is 283 g/mol. The highest BCUT2D eigenvalue weighted by Crippen LogP contribution is 2.31. The second-order valence-electron chi connectivity index (χ2n) is 5.41. The first-order chi connectivity index (χ1) is 10.0. The summed E-state index contributed by atoms with van der Waals surface area (Å²) >= 11 is 0. The molecule has 6 nitrogen and oxygen atoms in total. The van der Waals surface area contributed by atoms with Crippen molar-refractivity contribution in [3.8, 4) is 17.3 Å². The van der Waals surface area contributed by atoms with Crippen molar-refractivity contribution in [2.45, 2.75) is 19.4 Å². The summed E-state index contributed by atoms with van der Waals surface area (Å²) in [5.74, 6) is 0. The van der Waals surface area contributed by atoms with E-state index < -0.39 is 11.6 Å². The predicted molar refractivity (Wildman–Crippen MR) is 74.6 cm³/mol. The van der Waals surface area contributed by atoms with Crippen LogP contribution >= 0.6 is 0 Å². The Balaban J connectivity index is 1.93. The van der Waals surface area contributed by atoms with Gasteiger partial charge in [-0.2, -0.15) is 10.2 Å². The van der Waals surface area contributed by atoms with Gasteiger partial charge in [0.15, 0.2) is 0 Å². The van der Waals surface area contributed by atoms with Gasteiger partial charge in [0.05, 0.1) is 17.2 Å². The van der Waals surface area contributed by atoms with Crippen LogP contribution in [0.25, 0.3) is 11.3 Å². The van der Waals surface area contributed by atoms with E-state index in [0.29, 0.717) is 17.9 Å². The quantitative estimate of drug-likeness (QED) is 0.846. The Labute approximate surface area is 121 Å². The zero-order valence-electron chi connectivity index (χ0n) is 11.7. The fourth-order valence-electron chi connectivity index (χ4n) is 2.17. The van der Waals surface area contributed by atoms with Crippen LogP contribution in [0.2, 0.25) is 0 Å². The Morgan fingerprint density at radius 3 is 2.62 bits per heavy atom. The molecule has 0 N–H and O–H groups in total. The van der Waals surface area contributed by atoms with E-state index in [4.69, 9.17) is 14.4 Å². The van der Waals surface area contributed by atoms with Gasteiger partial charge in [-0.1, -0.05) is 12.1 Å². The molecule has 106 valence electrons. The Bertz CT molecular complexity index is 725. The number of oxazole rings is 1. The zero-order chi connectivity index (χ0) is 15.0. The third-order valence-corrected chi connectivity index (χ3v) is 3.33. The summed E-state index contributed by atoms with van der Waals surface area (Å²) in [5, 5.41) is 8.79. The van der Waals surface area contributed by atoms with Gasteiger partial charge in [0, 0.05) is 5.56 Å². The van der Waals surface area contributed by atoms with Crippen LogP contribution in [0.3, 0.4) is 0 Å². The van der Waals surface area contributed by atoms with Gasteiger partial charge in [-0.05, 0) is 26.0 Å². The fraction of sp³-hybridized carbons (Fsp3) is 0.267. The van der Waals surface area contributed by atoms with Gasteiger partial charge in [0.25, 0.3) is 0 Å². The largest absolute Gasteiger partial charge is 0.447 e. The summed E-state index contributed by atoms with van der Waals surface area (Å²) in [4.78, 5) is 17.5. The maximum atomic E-state index is 11.8. The first-order valence-corrected chi connectivity index (χ1v) is 6.44. The summed E-state index contributed by atoms with van der Waals surface area (Å²) < 4.78 is 10.4. The second kappa shape index (κ2) is 4.63. The minimum atomic E-state index is -0.496. The van der Waals surface area contributed by atoms with Crippen molar-refractivity contribution in [3.63, 3.8) is 0 Å². The standard InChI is InChI=1S/C15H13N3O3/c1-15(2)9-21-14(19)18(15)13-17-12(8-20-13)11-5-3-10(7-16)4-6-11/h3-6,8H,9H2,1-2H3. The van der Waals surface area contributed by atoms with Gasteiger partial charge in [-0.25, -0.2) is 9.69 Å². The lowest BCUT2D eigenvalue weighted by molar-refractivity contribution is 0.175.